The molecule has 4 rings (SSSR count). The largest absolute Gasteiger partial charge is 0.352 e. The van der Waals surface area contributed by atoms with Crippen molar-refractivity contribution >= 4 is 39.2 Å². The summed E-state index contributed by atoms with van der Waals surface area (Å²) >= 11 is 3.20. The van der Waals surface area contributed by atoms with Gasteiger partial charge < -0.3 is 5.32 Å². The van der Waals surface area contributed by atoms with Crippen LogP contribution in [0.2, 0.25) is 0 Å². The Bertz CT molecular complexity index is 919. The molecule has 2 aromatic heterocycles. The van der Waals surface area contributed by atoms with Gasteiger partial charge in [0.15, 0.2) is 0 Å². The quantitative estimate of drug-likeness (QED) is 0.534. The lowest BCUT2D eigenvalue weighted by molar-refractivity contribution is -0.120. The van der Waals surface area contributed by atoms with Gasteiger partial charge in [0.25, 0.3) is 0 Å². The van der Waals surface area contributed by atoms with Crippen LogP contribution in [-0.2, 0) is 4.79 Å². The fourth-order valence-corrected chi connectivity index (χ4v) is 4.99. The Balaban J connectivity index is 1.72. The minimum absolute atomic E-state index is 0.0649. The number of nitrogens with one attached hydrogen (secondary N) is 1. The highest BCUT2D eigenvalue weighted by atomic mass is 32.2. The maximum Gasteiger partial charge on any atom is 0.238 e. The van der Waals surface area contributed by atoms with Crippen LogP contribution in [0.1, 0.15) is 34.1 Å². The number of thiophene rings is 1. The predicted octanol–water partition coefficient (Wildman–Crippen LogP) is 4.42. The van der Waals surface area contributed by atoms with Crippen molar-refractivity contribution in [3.63, 3.8) is 0 Å². The third-order valence-corrected chi connectivity index (χ3v) is 6.79. The minimum atomic E-state index is -0.306. The van der Waals surface area contributed by atoms with Crippen molar-refractivity contribution in [2.45, 2.75) is 43.0 Å². The SMILES string of the molecule is Cc1sc2ncnc(S[C@@H](C(=O)NC3CC3)c3ccccc3)c2c1C. The van der Waals surface area contributed by atoms with Crippen molar-refractivity contribution in [1.29, 1.82) is 0 Å². The summed E-state index contributed by atoms with van der Waals surface area (Å²) in [6.45, 7) is 4.20. The number of aromatic nitrogens is 2. The molecule has 1 aliphatic rings. The second-order valence-corrected chi connectivity index (χ2v) is 8.63. The third-order valence-electron chi connectivity index (χ3n) is 4.42. The molecule has 0 radical (unpaired) electrons. The lowest BCUT2D eigenvalue weighted by Gasteiger charge is -2.17. The summed E-state index contributed by atoms with van der Waals surface area (Å²) in [4.78, 5) is 24.0. The Labute approximate surface area is 155 Å². The van der Waals surface area contributed by atoms with Crippen molar-refractivity contribution in [2.24, 2.45) is 0 Å². The molecule has 1 atom stereocenters. The number of aryl methyl sites for hydroxylation is 2. The molecule has 0 aliphatic heterocycles. The van der Waals surface area contributed by atoms with Gasteiger partial charge in [0, 0.05) is 16.3 Å². The standard InChI is InChI=1S/C19H19N3OS2/c1-11-12(2)24-18-15(11)19(21-10-20-18)25-16(13-6-4-3-5-7-13)17(23)22-14-8-9-14/h3-7,10,14,16H,8-9H2,1-2H3,(H,22,23)/t16-/m1/s1. The Kier molecular flexibility index (Phi) is 4.48. The van der Waals surface area contributed by atoms with Crippen LogP contribution >= 0.6 is 23.1 Å². The monoisotopic (exact) mass is 369 g/mol. The number of nitrogens with zero attached hydrogens (tertiary/aromatic N) is 2. The van der Waals surface area contributed by atoms with Gasteiger partial charge in [-0.15, -0.1) is 11.3 Å². The molecular formula is C19H19N3OS2. The minimum Gasteiger partial charge on any atom is -0.352 e. The van der Waals surface area contributed by atoms with E-state index in [2.05, 4.69) is 29.1 Å². The van der Waals surface area contributed by atoms with E-state index in [0.29, 0.717) is 6.04 Å². The van der Waals surface area contributed by atoms with Gasteiger partial charge in [-0.3, -0.25) is 4.79 Å². The summed E-state index contributed by atoms with van der Waals surface area (Å²) in [6, 6.07) is 10.3. The summed E-state index contributed by atoms with van der Waals surface area (Å²) < 4.78 is 0. The highest BCUT2D eigenvalue weighted by molar-refractivity contribution is 8.00. The highest BCUT2D eigenvalue weighted by Crippen LogP contribution is 2.41. The zero-order chi connectivity index (χ0) is 17.4. The van der Waals surface area contributed by atoms with Gasteiger partial charge in [-0.1, -0.05) is 42.1 Å². The molecule has 2 heterocycles. The summed E-state index contributed by atoms with van der Waals surface area (Å²) in [5.41, 5.74) is 2.21. The van der Waals surface area contributed by atoms with E-state index in [1.54, 1.807) is 17.7 Å². The van der Waals surface area contributed by atoms with Crippen molar-refractivity contribution in [3.05, 3.63) is 52.7 Å². The molecular weight excluding hydrogens is 350 g/mol. The van der Waals surface area contributed by atoms with Crippen molar-refractivity contribution < 1.29 is 4.79 Å². The molecule has 1 amide bonds. The van der Waals surface area contributed by atoms with Crippen LogP contribution in [0.5, 0.6) is 0 Å². The van der Waals surface area contributed by atoms with Crippen molar-refractivity contribution in [3.8, 4) is 0 Å². The number of fused-ring (bicyclic) bond motifs is 1. The Morgan fingerprint density at radius 2 is 2.00 bits per heavy atom. The molecule has 6 heteroatoms. The highest BCUT2D eigenvalue weighted by Gasteiger charge is 2.30. The molecule has 3 aromatic rings. The number of carbonyl (C=O) groups excluding carboxylic acids is 1. The summed E-state index contributed by atoms with van der Waals surface area (Å²) in [5, 5.41) is 4.79. The van der Waals surface area contributed by atoms with Crippen LogP contribution in [-0.4, -0.2) is 21.9 Å². The molecule has 0 unspecified atom stereocenters. The molecule has 25 heavy (non-hydrogen) atoms. The Morgan fingerprint density at radius 1 is 1.24 bits per heavy atom. The maximum atomic E-state index is 12.9. The second-order valence-electron chi connectivity index (χ2n) is 6.33. The van der Waals surface area contributed by atoms with E-state index in [1.165, 1.54) is 22.2 Å². The molecule has 1 saturated carbocycles. The summed E-state index contributed by atoms with van der Waals surface area (Å²) in [7, 11) is 0. The molecule has 1 aliphatic carbocycles. The van der Waals surface area contributed by atoms with E-state index in [4.69, 9.17) is 0 Å². The van der Waals surface area contributed by atoms with Gasteiger partial charge >= 0.3 is 0 Å². The van der Waals surface area contributed by atoms with Gasteiger partial charge in [0.2, 0.25) is 5.91 Å². The van der Waals surface area contributed by atoms with Crippen LogP contribution in [0.4, 0.5) is 0 Å². The van der Waals surface area contributed by atoms with E-state index >= 15 is 0 Å². The first-order chi connectivity index (χ1) is 12.1. The maximum absolute atomic E-state index is 12.9. The zero-order valence-corrected chi connectivity index (χ0v) is 15.8. The van der Waals surface area contributed by atoms with E-state index in [-0.39, 0.29) is 11.2 Å². The van der Waals surface area contributed by atoms with E-state index in [0.717, 1.165) is 33.6 Å². The molecule has 128 valence electrons. The number of benzene rings is 1. The molecule has 1 fully saturated rings. The fraction of sp³-hybridized carbons (Fsp3) is 0.316. The van der Waals surface area contributed by atoms with E-state index in [1.807, 2.05) is 30.3 Å². The molecule has 1 N–H and O–H groups in total. The van der Waals surface area contributed by atoms with Gasteiger partial charge in [-0.05, 0) is 37.8 Å². The Morgan fingerprint density at radius 3 is 2.72 bits per heavy atom. The third kappa shape index (κ3) is 3.41. The van der Waals surface area contributed by atoms with E-state index in [9.17, 15) is 4.79 Å². The van der Waals surface area contributed by atoms with Gasteiger partial charge in [0.1, 0.15) is 21.4 Å². The first-order valence-electron chi connectivity index (χ1n) is 8.36. The zero-order valence-electron chi connectivity index (χ0n) is 14.2. The first-order valence-corrected chi connectivity index (χ1v) is 10.1. The molecule has 1 aromatic carbocycles. The van der Waals surface area contributed by atoms with Crippen molar-refractivity contribution in [1.82, 2.24) is 15.3 Å². The summed E-state index contributed by atoms with van der Waals surface area (Å²) in [6.07, 6.45) is 3.76. The van der Waals surface area contributed by atoms with Crippen molar-refractivity contribution in [2.75, 3.05) is 0 Å². The van der Waals surface area contributed by atoms with Gasteiger partial charge in [0.05, 0.1) is 0 Å². The predicted molar refractivity (Wildman–Crippen MR) is 103 cm³/mol. The second kappa shape index (κ2) is 6.77. The number of amides is 1. The van der Waals surface area contributed by atoms with Crippen LogP contribution in [0.15, 0.2) is 41.7 Å². The molecule has 0 spiro atoms. The molecule has 4 nitrogen and oxygen atoms in total. The fourth-order valence-electron chi connectivity index (χ4n) is 2.76. The normalized spacial score (nSPS) is 15.3. The number of thioether (sulfide) groups is 1. The number of hydrogen-bond donors (Lipinski definition) is 1. The lowest BCUT2D eigenvalue weighted by Crippen LogP contribution is -2.29. The lowest BCUT2D eigenvalue weighted by atomic mass is 10.1. The average molecular weight is 370 g/mol. The average Bonchev–Trinajstić information content (AvgIpc) is 3.38. The molecule has 0 bridgehead atoms. The number of rotatable bonds is 5. The van der Waals surface area contributed by atoms with Crippen LogP contribution < -0.4 is 5.32 Å². The van der Waals surface area contributed by atoms with E-state index < -0.39 is 0 Å². The topological polar surface area (TPSA) is 54.9 Å². The Hall–Kier alpha value is -1.92. The number of carbonyl (C=O) groups is 1. The number of hydrogen-bond acceptors (Lipinski definition) is 5. The van der Waals surface area contributed by atoms with Crippen LogP contribution in [0.3, 0.4) is 0 Å². The van der Waals surface area contributed by atoms with Crippen LogP contribution in [0, 0.1) is 13.8 Å². The summed E-state index contributed by atoms with van der Waals surface area (Å²) in [5.74, 6) is 0.0649. The van der Waals surface area contributed by atoms with Gasteiger partial charge in [-0.25, -0.2) is 9.97 Å². The van der Waals surface area contributed by atoms with Crippen LogP contribution in [0.25, 0.3) is 10.2 Å². The smallest absolute Gasteiger partial charge is 0.238 e. The van der Waals surface area contributed by atoms with Gasteiger partial charge in [-0.2, -0.15) is 0 Å². The molecule has 0 saturated heterocycles. The first kappa shape index (κ1) is 16.5.